The molecule has 0 bridgehead atoms. The van der Waals surface area contributed by atoms with E-state index in [1.807, 2.05) is 6.08 Å². The maximum atomic E-state index is 5.01. The predicted molar refractivity (Wildman–Crippen MR) is 79.1 cm³/mol. The van der Waals surface area contributed by atoms with Gasteiger partial charge < -0.3 is 15.0 Å². The smallest absolute Gasteiger partial charge is 0.193 e. The van der Waals surface area contributed by atoms with Crippen LogP contribution in [0.3, 0.4) is 0 Å². The molecule has 0 radical (unpaired) electrons. The van der Waals surface area contributed by atoms with Crippen LogP contribution in [-0.2, 0) is 4.74 Å². The lowest BCUT2D eigenvalue weighted by Crippen LogP contribution is -2.39. The number of hydrogen-bond acceptors (Lipinski definition) is 2. The van der Waals surface area contributed by atoms with Crippen LogP contribution in [0.5, 0.6) is 0 Å². The highest BCUT2D eigenvalue weighted by Gasteiger charge is 2.04. The van der Waals surface area contributed by atoms with Crippen molar-refractivity contribution < 1.29 is 4.74 Å². The molecule has 1 N–H and O–H groups in total. The summed E-state index contributed by atoms with van der Waals surface area (Å²) < 4.78 is 5.01. The van der Waals surface area contributed by atoms with Crippen LogP contribution in [0.15, 0.2) is 17.6 Å². The SMILES string of the molecule is C=CCCCCCN(C)C(=NCCOC)NCC. The Labute approximate surface area is 112 Å². The highest BCUT2D eigenvalue weighted by molar-refractivity contribution is 5.79. The largest absolute Gasteiger partial charge is 0.383 e. The van der Waals surface area contributed by atoms with Crippen LogP contribution in [0.1, 0.15) is 32.6 Å². The third kappa shape index (κ3) is 9.05. The van der Waals surface area contributed by atoms with Gasteiger partial charge in [-0.2, -0.15) is 0 Å². The quantitative estimate of drug-likeness (QED) is 0.282. The molecule has 0 aliphatic heterocycles. The van der Waals surface area contributed by atoms with Crippen molar-refractivity contribution in [3.63, 3.8) is 0 Å². The fourth-order valence-electron chi connectivity index (χ4n) is 1.63. The summed E-state index contributed by atoms with van der Waals surface area (Å²) in [5, 5.41) is 3.30. The fourth-order valence-corrected chi connectivity index (χ4v) is 1.63. The first kappa shape index (κ1) is 17.0. The molecule has 0 aromatic rings. The van der Waals surface area contributed by atoms with E-state index in [1.54, 1.807) is 7.11 Å². The van der Waals surface area contributed by atoms with Gasteiger partial charge in [0.25, 0.3) is 0 Å². The van der Waals surface area contributed by atoms with Crippen LogP contribution >= 0.6 is 0 Å². The van der Waals surface area contributed by atoms with Crippen molar-refractivity contribution in [3.8, 4) is 0 Å². The number of nitrogens with zero attached hydrogens (tertiary/aromatic N) is 2. The summed E-state index contributed by atoms with van der Waals surface area (Å²) in [6.45, 7) is 9.13. The fraction of sp³-hybridized carbons (Fsp3) is 0.786. The lowest BCUT2D eigenvalue weighted by Gasteiger charge is -2.22. The van der Waals surface area contributed by atoms with Gasteiger partial charge >= 0.3 is 0 Å². The van der Waals surface area contributed by atoms with Crippen molar-refractivity contribution in [1.29, 1.82) is 0 Å². The lowest BCUT2D eigenvalue weighted by molar-refractivity contribution is 0.207. The first-order valence-corrected chi connectivity index (χ1v) is 6.85. The van der Waals surface area contributed by atoms with E-state index in [1.165, 1.54) is 19.3 Å². The number of unbranched alkanes of at least 4 members (excludes halogenated alkanes) is 3. The van der Waals surface area contributed by atoms with E-state index in [-0.39, 0.29) is 0 Å². The minimum atomic E-state index is 0.669. The number of guanidine groups is 1. The predicted octanol–water partition coefficient (Wildman–Crippen LogP) is 2.28. The van der Waals surface area contributed by atoms with Gasteiger partial charge in [0.15, 0.2) is 5.96 Å². The molecule has 0 spiro atoms. The normalized spacial score (nSPS) is 11.4. The Morgan fingerprint density at radius 1 is 1.39 bits per heavy atom. The van der Waals surface area contributed by atoms with Gasteiger partial charge in [-0.1, -0.05) is 12.5 Å². The van der Waals surface area contributed by atoms with Crippen LogP contribution in [0, 0.1) is 0 Å². The molecule has 0 aromatic carbocycles. The van der Waals surface area contributed by atoms with Gasteiger partial charge in [0.1, 0.15) is 0 Å². The van der Waals surface area contributed by atoms with Crippen LogP contribution in [0.25, 0.3) is 0 Å². The molecular formula is C14H29N3O. The Hall–Kier alpha value is -1.03. The molecule has 0 rings (SSSR count). The van der Waals surface area contributed by atoms with E-state index in [0.717, 1.165) is 25.5 Å². The maximum absolute atomic E-state index is 5.01. The molecule has 0 aliphatic carbocycles. The van der Waals surface area contributed by atoms with Gasteiger partial charge in [-0.3, -0.25) is 4.99 Å². The Balaban J connectivity index is 3.93. The van der Waals surface area contributed by atoms with Crippen LogP contribution < -0.4 is 5.32 Å². The maximum Gasteiger partial charge on any atom is 0.193 e. The molecule has 0 aromatic heterocycles. The standard InChI is InChI=1S/C14H29N3O/c1-5-7-8-9-10-12-17(3)14(15-6-2)16-11-13-18-4/h5H,1,6-13H2,2-4H3,(H,15,16). The number of allylic oxidation sites excluding steroid dienone is 1. The second kappa shape index (κ2) is 12.4. The zero-order valence-corrected chi connectivity index (χ0v) is 12.2. The van der Waals surface area contributed by atoms with E-state index >= 15 is 0 Å². The minimum Gasteiger partial charge on any atom is -0.383 e. The van der Waals surface area contributed by atoms with Gasteiger partial charge in [-0.25, -0.2) is 0 Å². The number of ether oxygens (including phenoxy) is 1. The van der Waals surface area contributed by atoms with Crippen LogP contribution in [0.2, 0.25) is 0 Å². The van der Waals surface area contributed by atoms with Crippen molar-refractivity contribution in [2.45, 2.75) is 32.6 Å². The van der Waals surface area contributed by atoms with Gasteiger partial charge in [0, 0.05) is 27.2 Å². The van der Waals surface area contributed by atoms with Crippen LogP contribution in [0.4, 0.5) is 0 Å². The summed E-state index contributed by atoms with van der Waals surface area (Å²) in [6.07, 6.45) is 6.77. The van der Waals surface area contributed by atoms with Crippen molar-refractivity contribution in [2.24, 2.45) is 4.99 Å². The number of aliphatic imine (C=N–C) groups is 1. The van der Waals surface area contributed by atoms with Gasteiger partial charge in [0.2, 0.25) is 0 Å². The number of methoxy groups -OCH3 is 1. The monoisotopic (exact) mass is 255 g/mol. The van der Waals surface area contributed by atoms with E-state index in [2.05, 4.69) is 35.8 Å². The Morgan fingerprint density at radius 3 is 2.78 bits per heavy atom. The van der Waals surface area contributed by atoms with E-state index in [0.29, 0.717) is 13.2 Å². The molecule has 0 saturated heterocycles. The highest BCUT2D eigenvalue weighted by atomic mass is 16.5. The molecule has 18 heavy (non-hydrogen) atoms. The van der Waals surface area contributed by atoms with E-state index in [4.69, 9.17) is 4.74 Å². The highest BCUT2D eigenvalue weighted by Crippen LogP contribution is 2.01. The Kier molecular flexibility index (Phi) is 11.7. The summed E-state index contributed by atoms with van der Waals surface area (Å²) in [4.78, 5) is 6.70. The first-order chi connectivity index (χ1) is 8.76. The third-order valence-electron chi connectivity index (χ3n) is 2.66. The summed E-state index contributed by atoms with van der Waals surface area (Å²) in [5.74, 6) is 0.971. The average molecular weight is 255 g/mol. The molecule has 0 atom stereocenters. The molecule has 0 saturated carbocycles. The summed E-state index contributed by atoms with van der Waals surface area (Å²) in [5.41, 5.74) is 0. The van der Waals surface area contributed by atoms with Gasteiger partial charge in [-0.05, 0) is 26.2 Å². The topological polar surface area (TPSA) is 36.9 Å². The number of hydrogen-bond donors (Lipinski definition) is 1. The first-order valence-electron chi connectivity index (χ1n) is 6.85. The zero-order valence-electron chi connectivity index (χ0n) is 12.2. The van der Waals surface area contributed by atoms with E-state index in [9.17, 15) is 0 Å². The van der Waals surface area contributed by atoms with Crippen molar-refractivity contribution in [3.05, 3.63) is 12.7 Å². The Morgan fingerprint density at radius 2 is 2.17 bits per heavy atom. The molecule has 0 aliphatic rings. The summed E-state index contributed by atoms with van der Waals surface area (Å²) in [6, 6.07) is 0. The third-order valence-corrected chi connectivity index (χ3v) is 2.66. The molecule has 0 amide bonds. The van der Waals surface area contributed by atoms with Crippen molar-refractivity contribution >= 4 is 5.96 Å². The zero-order chi connectivity index (χ0) is 13.6. The van der Waals surface area contributed by atoms with E-state index < -0.39 is 0 Å². The number of nitrogens with one attached hydrogen (secondary N) is 1. The molecule has 0 heterocycles. The molecule has 4 nitrogen and oxygen atoms in total. The second-order valence-corrected chi connectivity index (χ2v) is 4.29. The minimum absolute atomic E-state index is 0.669. The van der Waals surface area contributed by atoms with Gasteiger partial charge in [0.05, 0.1) is 13.2 Å². The second-order valence-electron chi connectivity index (χ2n) is 4.29. The molecule has 0 fully saturated rings. The van der Waals surface area contributed by atoms with Crippen molar-refractivity contribution in [2.75, 3.05) is 40.4 Å². The average Bonchev–Trinajstić information content (AvgIpc) is 2.37. The molecule has 4 heteroatoms. The van der Waals surface area contributed by atoms with Crippen molar-refractivity contribution in [1.82, 2.24) is 10.2 Å². The molecule has 106 valence electrons. The van der Waals surface area contributed by atoms with Crippen LogP contribution in [-0.4, -0.2) is 51.3 Å². The van der Waals surface area contributed by atoms with Gasteiger partial charge in [-0.15, -0.1) is 6.58 Å². The molecular weight excluding hydrogens is 226 g/mol. The summed E-state index contributed by atoms with van der Waals surface area (Å²) in [7, 11) is 3.79. The number of rotatable bonds is 10. The Bertz CT molecular complexity index is 229. The molecule has 0 unspecified atom stereocenters. The summed E-state index contributed by atoms with van der Waals surface area (Å²) >= 11 is 0. The lowest BCUT2D eigenvalue weighted by atomic mass is 10.2.